The van der Waals surface area contributed by atoms with E-state index >= 15 is 0 Å². The summed E-state index contributed by atoms with van der Waals surface area (Å²) in [6.07, 6.45) is -2.45. The van der Waals surface area contributed by atoms with Crippen LogP contribution in [0.15, 0.2) is 48.5 Å². The van der Waals surface area contributed by atoms with Crippen LogP contribution in [-0.4, -0.2) is 35.9 Å². The van der Waals surface area contributed by atoms with Gasteiger partial charge in [-0.3, -0.25) is 19.2 Å². The Balaban J connectivity index is 1.51. The van der Waals surface area contributed by atoms with E-state index in [0.717, 1.165) is 0 Å². The third kappa shape index (κ3) is 5.34. The summed E-state index contributed by atoms with van der Waals surface area (Å²) in [5.41, 5.74) is 1.60. The van der Waals surface area contributed by atoms with Crippen LogP contribution in [0.3, 0.4) is 0 Å². The van der Waals surface area contributed by atoms with Crippen LogP contribution in [0, 0.1) is 0 Å². The van der Waals surface area contributed by atoms with E-state index in [0.29, 0.717) is 22.8 Å². The van der Waals surface area contributed by atoms with E-state index in [1.54, 1.807) is 48.5 Å². The van der Waals surface area contributed by atoms with Crippen molar-refractivity contribution in [2.45, 2.75) is 32.5 Å². The Hall–Kier alpha value is -3.88. The second kappa shape index (κ2) is 9.08. The molecule has 2 atom stereocenters. The molecule has 0 unspecified atom stereocenters. The zero-order valence-electron chi connectivity index (χ0n) is 16.4. The highest BCUT2D eigenvalue weighted by molar-refractivity contribution is 6.00. The molecule has 1 aliphatic rings. The highest BCUT2D eigenvalue weighted by Crippen LogP contribution is 2.29. The number of hydrogen-bond donors (Lipinski definition) is 3. The molecule has 3 N–H and O–H groups in total. The van der Waals surface area contributed by atoms with Crippen LogP contribution in [-0.2, 0) is 23.9 Å². The van der Waals surface area contributed by atoms with Gasteiger partial charge in [-0.15, -0.1) is 0 Å². The van der Waals surface area contributed by atoms with Gasteiger partial charge in [0.15, 0.2) is 12.2 Å². The van der Waals surface area contributed by atoms with Crippen LogP contribution in [0.25, 0.3) is 0 Å². The van der Waals surface area contributed by atoms with E-state index in [1.807, 2.05) is 0 Å². The average molecular weight is 411 g/mol. The van der Waals surface area contributed by atoms with Crippen LogP contribution < -0.4 is 20.7 Å². The quantitative estimate of drug-likeness (QED) is 0.627. The number of para-hydroxylation sites is 2. The molecule has 1 heterocycles. The maximum Gasteiger partial charge on any atom is 0.310 e. The third-order valence-electron chi connectivity index (χ3n) is 4.21. The van der Waals surface area contributed by atoms with E-state index in [1.165, 1.54) is 13.8 Å². The Morgan fingerprint density at radius 2 is 1.70 bits per heavy atom. The average Bonchev–Trinajstić information content (AvgIpc) is 2.69. The molecule has 2 aromatic rings. The first-order chi connectivity index (χ1) is 14.3. The minimum atomic E-state index is -1.08. The van der Waals surface area contributed by atoms with Gasteiger partial charge in [-0.05, 0) is 43.3 Å². The minimum absolute atomic E-state index is 0.202. The summed E-state index contributed by atoms with van der Waals surface area (Å²) in [4.78, 5) is 47.6. The van der Waals surface area contributed by atoms with Crippen LogP contribution in [0.4, 0.5) is 17.1 Å². The number of esters is 1. The highest BCUT2D eigenvalue weighted by atomic mass is 16.6. The normalized spacial score (nSPS) is 15.7. The Bertz CT molecular complexity index is 973. The lowest BCUT2D eigenvalue weighted by Gasteiger charge is -2.25. The predicted molar refractivity (Wildman–Crippen MR) is 109 cm³/mol. The van der Waals surface area contributed by atoms with E-state index < -0.39 is 30.0 Å². The number of rotatable bonds is 6. The lowest BCUT2D eigenvalue weighted by molar-refractivity contribution is -0.155. The summed E-state index contributed by atoms with van der Waals surface area (Å²) >= 11 is 0. The number of amides is 3. The van der Waals surface area contributed by atoms with Gasteiger partial charge in [-0.2, -0.15) is 0 Å². The molecule has 0 radical (unpaired) electrons. The molecule has 9 nitrogen and oxygen atoms in total. The molecule has 30 heavy (non-hydrogen) atoms. The number of ether oxygens (including phenoxy) is 2. The summed E-state index contributed by atoms with van der Waals surface area (Å²) in [6.45, 7) is 2.82. The van der Waals surface area contributed by atoms with Crippen LogP contribution in [0.5, 0.6) is 5.75 Å². The molecule has 0 saturated heterocycles. The molecular weight excluding hydrogens is 390 g/mol. The van der Waals surface area contributed by atoms with Gasteiger partial charge in [-0.25, -0.2) is 0 Å². The van der Waals surface area contributed by atoms with Crippen LogP contribution in [0.2, 0.25) is 0 Å². The number of benzene rings is 2. The monoisotopic (exact) mass is 411 g/mol. The van der Waals surface area contributed by atoms with E-state index in [-0.39, 0.29) is 12.3 Å². The molecule has 3 amide bonds. The third-order valence-corrected chi connectivity index (χ3v) is 4.21. The first-order valence-corrected chi connectivity index (χ1v) is 9.26. The maximum absolute atomic E-state index is 12.3. The van der Waals surface area contributed by atoms with E-state index in [4.69, 9.17) is 9.47 Å². The Morgan fingerprint density at radius 1 is 1.07 bits per heavy atom. The van der Waals surface area contributed by atoms with Gasteiger partial charge in [-0.1, -0.05) is 12.1 Å². The van der Waals surface area contributed by atoms with Crippen molar-refractivity contribution in [3.05, 3.63) is 48.5 Å². The predicted octanol–water partition coefficient (Wildman–Crippen LogP) is 2.31. The van der Waals surface area contributed by atoms with E-state index in [2.05, 4.69) is 16.0 Å². The largest absolute Gasteiger partial charge is 0.478 e. The molecular formula is C21H21N3O6. The van der Waals surface area contributed by atoms with Crippen molar-refractivity contribution >= 4 is 40.8 Å². The minimum Gasteiger partial charge on any atom is -0.478 e. The summed E-state index contributed by atoms with van der Waals surface area (Å²) in [7, 11) is 0. The van der Waals surface area contributed by atoms with Crippen LogP contribution >= 0.6 is 0 Å². The van der Waals surface area contributed by atoms with Crippen molar-refractivity contribution in [1.82, 2.24) is 0 Å². The summed E-state index contributed by atoms with van der Waals surface area (Å²) in [5.74, 6) is -1.47. The maximum atomic E-state index is 12.3. The molecule has 0 aromatic heterocycles. The number of anilines is 3. The second-order valence-electron chi connectivity index (χ2n) is 6.68. The van der Waals surface area contributed by atoms with Crippen molar-refractivity contribution in [2.75, 3.05) is 16.0 Å². The fourth-order valence-electron chi connectivity index (χ4n) is 2.76. The Morgan fingerprint density at radius 3 is 2.37 bits per heavy atom. The lowest BCUT2D eigenvalue weighted by atomic mass is 10.1. The van der Waals surface area contributed by atoms with Gasteiger partial charge in [0, 0.05) is 18.3 Å². The number of carbonyl (C=O) groups is 4. The van der Waals surface area contributed by atoms with Crippen molar-refractivity contribution < 1.29 is 28.7 Å². The Kier molecular flexibility index (Phi) is 6.31. The molecule has 0 spiro atoms. The summed E-state index contributed by atoms with van der Waals surface area (Å²) in [5, 5.41) is 7.89. The van der Waals surface area contributed by atoms with Crippen molar-refractivity contribution in [1.29, 1.82) is 0 Å². The summed E-state index contributed by atoms with van der Waals surface area (Å²) in [6, 6.07) is 13.3. The zero-order chi connectivity index (χ0) is 21.7. The molecule has 0 fully saturated rings. The number of hydrogen-bond acceptors (Lipinski definition) is 6. The SMILES string of the molecule is CC(=O)Nc1ccc(NC(=O)[C@@H](C)OC(=O)C[C@H]2Oc3ccccc3NC2=O)cc1. The van der Waals surface area contributed by atoms with Gasteiger partial charge in [0.25, 0.3) is 11.8 Å². The smallest absolute Gasteiger partial charge is 0.310 e. The number of carbonyl (C=O) groups excluding carboxylic acids is 4. The number of nitrogens with one attached hydrogen (secondary N) is 3. The highest BCUT2D eigenvalue weighted by Gasteiger charge is 2.31. The lowest BCUT2D eigenvalue weighted by Crippen LogP contribution is -2.40. The summed E-state index contributed by atoms with van der Waals surface area (Å²) < 4.78 is 10.7. The molecule has 1 aliphatic heterocycles. The van der Waals surface area contributed by atoms with Gasteiger partial charge < -0.3 is 25.4 Å². The van der Waals surface area contributed by atoms with Gasteiger partial charge in [0.2, 0.25) is 5.91 Å². The molecule has 156 valence electrons. The molecule has 0 aliphatic carbocycles. The molecule has 0 bridgehead atoms. The molecule has 0 saturated carbocycles. The topological polar surface area (TPSA) is 123 Å². The van der Waals surface area contributed by atoms with Gasteiger partial charge in [0.1, 0.15) is 5.75 Å². The molecule has 2 aromatic carbocycles. The first kappa shape index (κ1) is 20.8. The van der Waals surface area contributed by atoms with E-state index in [9.17, 15) is 19.2 Å². The second-order valence-corrected chi connectivity index (χ2v) is 6.68. The fourth-order valence-corrected chi connectivity index (χ4v) is 2.76. The van der Waals surface area contributed by atoms with Gasteiger partial charge in [0.05, 0.1) is 12.1 Å². The fraction of sp³-hybridized carbons (Fsp3) is 0.238. The van der Waals surface area contributed by atoms with Crippen LogP contribution in [0.1, 0.15) is 20.3 Å². The van der Waals surface area contributed by atoms with Crippen molar-refractivity contribution in [2.24, 2.45) is 0 Å². The zero-order valence-corrected chi connectivity index (χ0v) is 16.4. The standard InChI is InChI=1S/C21H21N3O6/c1-12(20(27)23-15-9-7-14(8-10-15)22-13(2)25)29-19(26)11-18-21(28)24-16-5-3-4-6-17(16)30-18/h3-10,12,18H,11H2,1-2H3,(H,22,25)(H,23,27)(H,24,28)/t12-,18-/m1/s1. The van der Waals surface area contributed by atoms with Gasteiger partial charge >= 0.3 is 5.97 Å². The van der Waals surface area contributed by atoms with Crippen molar-refractivity contribution in [3.63, 3.8) is 0 Å². The first-order valence-electron chi connectivity index (χ1n) is 9.26. The number of fused-ring (bicyclic) bond motifs is 1. The molecule has 3 rings (SSSR count). The van der Waals surface area contributed by atoms with Crippen molar-refractivity contribution in [3.8, 4) is 5.75 Å². The molecule has 9 heteroatoms. The Labute approximate surface area is 172 Å².